The van der Waals surface area contributed by atoms with Gasteiger partial charge in [-0.1, -0.05) is 12.1 Å². The lowest BCUT2D eigenvalue weighted by Gasteiger charge is -2.32. The van der Waals surface area contributed by atoms with Crippen molar-refractivity contribution in [1.82, 2.24) is 9.80 Å². The van der Waals surface area contributed by atoms with E-state index in [4.69, 9.17) is 0 Å². The monoisotopic (exact) mass is 259 g/mol. The highest BCUT2D eigenvalue weighted by atomic mass is 15.2. The van der Waals surface area contributed by atoms with Crippen molar-refractivity contribution in [2.75, 3.05) is 51.6 Å². The van der Waals surface area contributed by atoms with Gasteiger partial charge in [0.05, 0.1) is 0 Å². The third-order valence-corrected chi connectivity index (χ3v) is 4.48. The summed E-state index contributed by atoms with van der Waals surface area (Å²) in [6.07, 6.45) is 3.73. The Bertz CT molecular complexity index is 422. The van der Waals surface area contributed by atoms with E-state index in [0.717, 1.165) is 6.54 Å². The summed E-state index contributed by atoms with van der Waals surface area (Å²) >= 11 is 0. The quantitative estimate of drug-likeness (QED) is 0.890. The van der Waals surface area contributed by atoms with Gasteiger partial charge < -0.3 is 15.1 Å². The number of hydrogen-bond acceptors (Lipinski definition) is 3. The van der Waals surface area contributed by atoms with Gasteiger partial charge in [0, 0.05) is 38.4 Å². The summed E-state index contributed by atoms with van der Waals surface area (Å²) in [5.41, 5.74) is 4.51. The minimum Gasteiger partial charge on any atom is -0.384 e. The Kier molecular flexibility index (Phi) is 4.04. The molecule has 19 heavy (non-hydrogen) atoms. The highest BCUT2D eigenvalue weighted by Crippen LogP contribution is 2.26. The van der Waals surface area contributed by atoms with E-state index in [9.17, 15) is 0 Å². The van der Waals surface area contributed by atoms with Crippen LogP contribution in [0.2, 0.25) is 0 Å². The van der Waals surface area contributed by atoms with Crippen LogP contribution in [0.15, 0.2) is 18.2 Å². The number of nitrogens with one attached hydrogen (secondary N) is 1. The first-order chi connectivity index (χ1) is 9.33. The van der Waals surface area contributed by atoms with Crippen LogP contribution in [0, 0.1) is 0 Å². The first kappa shape index (κ1) is 12.9. The highest BCUT2D eigenvalue weighted by molar-refractivity contribution is 5.58. The normalized spacial score (nSPS) is 20.3. The molecule has 0 aromatic heterocycles. The summed E-state index contributed by atoms with van der Waals surface area (Å²) in [5, 5.41) is 3.47. The fourth-order valence-electron chi connectivity index (χ4n) is 3.22. The number of aryl methyl sites for hydroxylation is 1. The molecular weight excluding hydrogens is 234 g/mol. The van der Waals surface area contributed by atoms with E-state index in [1.807, 2.05) is 0 Å². The van der Waals surface area contributed by atoms with Gasteiger partial charge >= 0.3 is 0 Å². The fraction of sp³-hybridized carbons (Fsp3) is 0.625. The number of anilines is 1. The molecule has 1 N–H and O–H groups in total. The summed E-state index contributed by atoms with van der Waals surface area (Å²) in [6.45, 7) is 7.31. The molecule has 2 aliphatic heterocycles. The molecule has 0 amide bonds. The molecule has 0 spiro atoms. The number of benzene rings is 1. The van der Waals surface area contributed by atoms with Gasteiger partial charge in [-0.3, -0.25) is 0 Å². The average Bonchev–Trinajstić information content (AvgIpc) is 2.90. The van der Waals surface area contributed by atoms with Crippen molar-refractivity contribution in [1.29, 1.82) is 0 Å². The Labute approximate surface area is 116 Å². The standard InChI is InChI=1S/C16H25N3/c1-18-10-12-19(13-11-18)9-3-5-14-4-2-6-16-15(14)7-8-17-16/h2,4,6,17H,3,5,7-13H2,1H3. The van der Waals surface area contributed by atoms with Gasteiger partial charge in [-0.05, 0) is 50.0 Å². The van der Waals surface area contributed by atoms with Crippen LogP contribution in [0.3, 0.4) is 0 Å². The van der Waals surface area contributed by atoms with Crippen LogP contribution in [0.4, 0.5) is 5.69 Å². The predicted octanol–water partition coefficient (Wildman–Crippen LogP) is 1.83. The maximum Gasteiger partial charge on any atom is 0.0376 e. The molecule has 104 valence electrons. The molecule has 1 fully saturated rings. The van der Waals surface area contributed by atoms with Crippen molar-refractivity contribution >= 4 is 5.69 Å². The van der Waals surface area contributed by atoms with Gasteiger partial charge in [-0.25, -0.2) is 0 Å². The molecular formula is C16H25N3. The highest BCUT2D eigenvalue weighted by Gasteiger charge is 2.15. The Hall–Kier alpha value is -1.06. The second-order valence-electron chi connectivity index (χ2n) is 5.87. The van der Waals surface area contributed by atoms with E-state index in [1.165, 1.54) is 57.7 Å². The van der Waals surface area contributed by atoms with E-state index in [1.54, 1.807) is 11.1 Å². The van der Waals surface area contributed by atoms with Gasteiger partial charge in [0.25, 0.3) is 0 Å². The zero-order chi connectivity index (χ0) is 13.1. The van der Waals surface area contributed by atoms with Crippen LogP contribution < -0.4 is 5.32 Å². The molecule has 2 aliphatic rings. The van der Waals surface area contributed by atoms with Crippen molar-refractivity contribution < 1.29 is 0 Å². The van der Waals surface area contributed by atoms with E-state index in [-0.39, 0.29) is 0 Å². The number of nitrogens with zero attached hydrogens (tertiary/aromatic N) is 2. The molecule has 0 atom stereocenters. The third kappa shape index (κ3) is 3.10. The minimum absolute atomic E-state index is 1.12. The second-order valence-corrected chi connectivity index (χ2v) is 5.87. The maximum absolute atomic E-state index is 3.47. The molecule has 1 aromatic carbocycles. The molecule has 0 saturated carbocycles. The van der Waals surface area contributed by atoms with Gasteiger partial charge in [-0.2, -0.15) is 0 Å². The first-order valence-electron chi connectivity index (χ1n) is 7.58. The summed E-state index contributed by atoms with van der Waals surface area (Å²) < 4.78 is 0. The van der Waals surface area contributed by atoms with Crippen LogP contribution in [0.1, 0.15) is 17.5 Å². The average molecular weight is 259 g/mol. The molecule has 0 radical (unpaired) electrons. The number of rotatable bonds is 4. The second kappa shape index (κ2) is 5.93. The van der Waals surface area contributed by atoms with Crippen molar-refractivity contribution in [3.05, 3.63) is 29.3 Å². The van der Waals surface area contributed by atoms with Gasteiger partial charge in [0.1, 0.15) is 0 Å². The van der Waals surface area contributed by atoms with Crippen molar-refractivity contribution in [3.8, 4) is 0 Å². The molecule has 3 heteroatoms. The third-order valence-electron chi connectivity index (χ3n) is 4.48. The number of hydrogen-bond donors (Lipinski definition) is 1. The van der Waals surface area contributed by atoms with Gasteiger partial charge in [0.15, 0.2) is 0 Å². The lowest BCUT2D eigenvalue weighted by Crippen LogP contribution is -2.44. The molecule has 0 bridgehead atoms. The van der Waals surface area contributed by atoms with E-state index in [0.29, 0.717) is 0 Å². The van der Waals surface area contributed by atoms with E-state index >= 15 is 0 Å². The number of piperazine rings is 1. The number of fused-ring (bicyclic) bond motifs is 1. The minimum atomic E-state index is 1.12. The smallest absolute Gasteiger partial charge is 0.0376 e. The molecule has 3 nitrogen and oxygen atoms in total. The summed E-state index contributed by atoms with van der Waals surface area (Å²) in [7, 11) is 2.22. The molecule has 0 aliphatic carbocycles. The summed E-state index contributed by atoms with van der Waals surface area (Å²) in [5.74, 6) is 0. The lowest BCUT2D eigenvalue weighted by molar-refractivity contribution is 0.153. The van der Waals surface area contributed by atoms with Crippen LogP contribution in [0.25, 0.3) is 0 Å². The Balaban J connectivity index is 1.49. The summed E-state index contributed by atoms with van der Waals surface area (Å²) in [6, 6.07) is 6.73. The van der Waals surface area contributed by atoms with Crippen LogP contribution in [-0.4, -0.2) is 56.1 Å². The molecule has 1 aromatic rings. The number of likely N-dealkylation sites (N-methyl/N-ethyl adjacent to an activating group) is 1. The SMILES string of the molecule is CN1CCN(CCCc2cccc3c2CCN3)CC1. The Morgan fingerprint density at radius 1 is 1.16 bits per heavy atom. The topological polar surface area (TPSA) is 18.5 Å². The van der Waals surface area contributed by atoms with E-state index < -0.39 is 0 Å². The van der Waals surface area contributed by atoms with Crippen LogP contribution >= 0.6 is 0 Å². The van der Waals surface area contributed by atoms with Crippen LogP contribution in [-0.2, 0) is 12.8 Å². The molecule has 3 rings (SSSR count). The Morgan fingerprint density at radius 2 is 2.00 bits per heavy atom. The van der Waals surface area contributed by atoms with Crippen molar-refractivity contribution in [2.24, 2.45) is 0 Å². The first-order valence-corrected chi connectivity index (χ1v) is 7.58. The molecule has 2 heterocycles. The largest absolute Gasteiger partial charge is 0.384 e. The van der Waals surface area contributed by atoms with E-state index in [2.05, 4.69) is 40.4 Å². The summed E-state index contributed by atoms with van der Waals surface area (Å²) in [4.78, 5) is 5.04. The van der Waals surface area contributed by atoms with Crippen molar-refractivity contribution in [3.63, 3.8) is 0 Å². The van der Waals surface area contributed by atoms with Gasteiger partial charge in [-0.15, -0.1) is 0 Å². The fourth-order valence-corrected chi connectivity index (χ4v) is 3.22. The van der Waals surface area contributed by atoms with Crippen LogP contribution in [0.5, 0.6) is 0 Å². The Morgan fingerprint density at radius 3 is 2.84 bits per heavy atom. The zero-order valence-corrected chi connectivity index (χ0v) is 12.0. The predicted molar refractivity (Wildman–Crippen MR) is 80.9 cm³/mol. The van der Waals surface area contributed by atoms with Gasteiger partial charge in [0.2, 0.25) is 0 Å². The molecule has 0 unspecified atom stereocenters. The zero-order valence-electron chi connectivity index (χ0n) is 12.0. The maximum atomic E-state index is 3.47. The molecule has 1 saturated heterocycles. The van der Waals surface area contributed by atoms with Crippen molar-refractivity contribution in [2.45, 2.75) is 19.3 Å². The lowest BCUT2D eigenvalue weighted by atomic mass is 10.0.